The van der Waals surface area contributed by atoms with E-state index in [0.717, 1.165) is 16.3 Å². The summed E-state index contributed by atoms with van der Waals surface area (Å²) in [6, 6.07) is 12.5. The SMILES string of the molecule is COc1ccc2c3c(cc(C#N)c2c1)-c1cc(F)c(OC)cc1CO3. The average Bonchev–Trinajstić information content (AvgIpc) is 2.66. The second-order valence-electron chi connectivity index (χ2n) is 5.76. The molecule has 124 valence electrons. The number of nitriles is 1. The molecule has 0 aliphatic carbocycles. The molecule has 0 atom stereocenters. The second-order valence-corrected chi connectivity index (χ2v) is 5.76. The highest BCUT2D eigenvalue weighted by Crippen LogP contribution is 2.45. The van der Waals surface area contributed by atoms with Crippen LogP contribution in [0.25, 0.3) is 21.9 Å². The molecule has 25 heavy (non-hydrogen) atoms. The molecule has 0 amide bonds. The highest BCUT2D eigenvalue weighted by molar-refractivity contribution is 6.00. The molecule has 0 unspecified atom stereocenters. The van der Waals surface area contributed by atoms with Gasteiger partial charge in [0.1, 0.15) is 18.1 Å². The number of halogens is 1. The van der Waals surface area contributed by atoms with E-state index in [1.807, 2.05) is 18.2 Å². The summed E-state index contributed by atoms with van der Waals surface area (Å²) in [5.41, 5.74) is 2.73. The van der Waals surface area contributed by atoms with Crippen LogP contribution in [0.2, 0.25) is 0 Å². The van der Waals surface area contributed by atoms with Crippen LogP contribution in [0.3, 0.4) is 0 Å². The fraction of sp³-hybridized carbons (Fsp3) is 0.150. The molecule has 0 bridgehead atoms. The molecule has 1 heterocycles. The van der Waals surface area contributed by atoms with Crippen LogP contribution in [0, 0.1) is 17.1 Å². The van der Waals surface area contributed by atoms with Crippen LogP contribution in [-0.4, -0.2) is 14.2 Å². The van der Waals surface area contributed by atoms with Gasteiger partial charge in [-0.1, -0.05) is 0 Å². The number of ether oxygens (including phenoxy) is 3. The quantitative estimate of drug-likeness (QED) is 0.695. The van der Waals surface area contributed by atoms with Gasteiger partial charge in [-0.25, -0.2) is 4.39 Å². The van der Waals surface area contributed by atoms with Gasteiger partial charge < -0.3 is 14.2 Å². The first-order chi connectivity index (χ1) is 12.2. The highest BCUT2D eigenvalue weighted by atomic mass is 19.1. The third-order valence-corrected chi connectivity index (χ3v) is 4.46. The van der Waals surface area contributed by atoms with Crippen LogP contribution in [0.5, 0.6) is 17.2 Å². The van der Waals surface area contributed by atoms with Crippen LogP contribution in [-0.2, 0) is 6.61 Å². The normalized spacial score (nSPS) is 11.9. The molecule has 3 aromatic carbocycles. The van der Waals surface area contributed by atoms with Crippen molar-refractivity contribution in [3.05, 3.63) is 53.3 Å². The minimum Gasteiger partial charge on any atom is -0.497 e. The van der Waals surface area contributed by atoms with Gasteiger partial charge in [0.2, 0.25) is 0 Å². The van der Waals surface area contributed by atoms with Crippen molar-refractivity contribution < 1.29 is 18.6 Å². The number of methoxy groups -OCH3 is 2. The Kier molecular flexibility index (Phi) is 3.47. The third-order valence-electron chi connectivity index (χ3n) is 4.46. The zero-order valence-electron chi connectivity index (χ0n) is 13.7. The predicted octanol–water partition coefficient (Wildman–Crippen LogP) is 4.43. The van der Waals surface area contributed by atoms with E-state index in [1.165, 1.54) is 13.2 Å². The van der Waals surface area contributed by atoms with Crippen LogP contribution < -0.4 is 14.2 Å². The predicted molar refractivity (Wildman–Crippen MR) is 91.5 cm³/mol. The smallest absolute Gasteiger partial charge is 0.165 e. The van der Waals surface area contributed by atoms with E-state index in [2.05, 4.69) is 6.07 Å². The van der Waals surface area contributed by atoms with Crippen molar-refractivity contribution in [1.82, 2.24) is 0 Å². The summed E-state index contributed by atoms with van der Waals surface area (Å²) in [5, 5.41) is 11.1. The first-order valence-corrected chi connectivity index (χ1v) is 7.70. The molecule has 4 nitrogen and oxygen atoms in total. The fourth-order valence-corrected chi connectivity index (χ4v) is 3.22. The summed E-state index contributed by atoms with van der Waals surface area (Å²) < 4.78 is 30.5. The van der Waals surface area contributed by atoms with Crippen molar-refractivity contribution in [3.8, 4) is 34.4 Å². The molecule has 0 aromatic heterocycles. The van der Waals surface area contributed by atoms with Gasteiger partial charge in [-0.2, -0.15) is 5.26 Å². The molecule has 0 N–H and O–H groups in total. The lowest BCUT2D eigenvalue weighted by molar-refractivity contribution is 0.304. The van der Waals surface area contributed by atoms with Crippen LogP contribution in [0.15, 0.2) is 36.4 Å². The van der Waals surface area contributed by atoms with E-state index in [-0.39, 0.29) is 5.75 Å². The lowest BCUT2D eigenvalue weighted by atomic mass is 9.91. The second kappa shape index (κ2) is 5.67. The van der Waals surface area contributed by atoms with Gasteiger partial charge in [0.25, 0.3) is 0 Å². The Labute approximate surface area is 144 Å². The lowest BCUT2D eigenvalue weighted by Gasteiger charge is -2.24. The van der Waals surface area contributed by atoms with Crippen molar-refractivity contribution in [1.29, 1.82) is 5.26 Å². The largest absolute Gasteiger partial charge is 0.497 e. The minimum atomic E-state index is -0.442. The van der Waals surface area contributed by atoms with Gasteiger partial charge in [-0.3, -0.25) is 0 Å². The summed E-state index contributed by atoms with van der Waals surface area (Å²) in [6.45, 7) is 0.312. The van der Waals surface area contributed by atoms with Crippen molar-refractivity contribution >= 4 is 10.8 Å². The van der Waals surface area contributed by atoms with Crippen LogP contribution >= 0.6 is 0 Å². The molecule has 0 spiro atoms. The molecule has 4 rings (SSSR count). The maximum absolute atomic E-state index is 14.2. The molecule has 0 fully saturated rings. The van der Waals surface area contributed by atoms with Gasteiger partial charge in [-0.05, 0) is 42.0 Å². The molecular formula is C20H14FNO3. The number of nitrogens with zero attached hydrogens (tertiary/aromatic N) is 1. The van der Waals surface area contributed by atoms with Crippen molar-refractivity contribution in [2.24, 2.45) is 0 Å². The van der Waals surface area contributed by atoms with E-state index in [4.69, 9.17) is 14.2 Å². The van der Waals surface area contributed by atoms with Crippen molar-refractivity contribution in [2.75, 3.05) is 14.2 Å². The summed E-state index contributed by atoms with van der Waals surface area (Å²) in [5.74, 6) is 1.05. The summed E-state index contributed by atoms with van der Waals surface area (Å²) >= 11 is 0. The number of hydrogen-bond acceptors (Lipinski definition) is 4. The molecule has 5 heteroatoms. The first kappa shape index (κ1) is 15.3. The molecule has 0 saturated heterocycles. The Morgan fingerprint density at radius 2 is 1.88 bits per heavy atom. The number of fused-ring (bicyclic) bond motifs is 5. The number of rotatable bonds is 2. The molecule has 3 aromatic rings. The van der Waals surface area contributed by atoms with E-state index < -0.39 is 5.82 Å². The van der Waals surface area contributed by atoms with Gasteiger partial charge in [0.05, 0.1) is 25.9 Å². The van der Waals surface area contributed by atoms with E-state index in [0.29, 0.717) is 34.8 Å². The van der Waals surface area contributed by atoms with Crippen LogP contribution in [0.1, 0.15) is 11.1 Å². The van der Waals surface area contributed by atoms with E-state index in [9.17, 15) is 9.65 Å². The summed E-state index contributed by atoms with van der Waals surface area (Å²) in [7, 11) is 3.01. The summed E-state index contributed by atoms with van der Waals surface area (Å²) in [4.78, 5) is 0. The number of benzene rings is 3. The molecular weight excluding hydrogens is 321 g/mol. The van der Waals surface area contributed by atoms with Gasteiger partial charge in [0, 0.05) is 21.9 Å². The maximum atomic E-state index is 14.2. The first-order valence-electron chi connectivity index (χ1n) is 7.70. The fourth-order valence-electron chi connectivity index (χ4n) is 3.22. The zero-order chi connectivity index (χ0) is 17.6. The Bertz CT molecular complexity index is 1050. The Morgan fingerprint density at radius 3 is 2.60 bits per heavy atom. The zero-order valence-corrected chi connectivity index (χ0v) is 13.7. The standard InChI is InChI=1S/C20H14FNO3/c1-23-13-3-4-14-15(7-13)11(9-22)5-17-16-8-18(21)19(24-2)6-12(16)10-25-20(14)17/h3-8H,10H2,1-2H3. The lowest BCUT2D eigenvalue weighted by Crippen LogP contribution is -2.08. The monoisotopic (exact) mass is 335 g/mol. The molecule has 0 saturated carbocycles. The van der Waals surface area contributed by atoms with E-state index >= 15 is 0 Å². The van der Waals surface area contributed by atoms with Gasteiger partial charge >= 0.3 is 0 Å². The highest BCUT2D eigenvalue weighted by Gasteiger charge is 2.24. The molecule has 1 aliphatic heterocycles. The minimum absolute atomic E-state index is 0.178. The van der Waals surface area contributed by atoms with Crippen LogP contribution in [0.4, 0.5) is 4.39 Å². The maximum Gasteiger partial charge on any atom is 0.165 e. The Balaban J connectivity index is 2.04. The molecule has 0 radical (unpaired) electrons. The summed E-state index contributed by atoms with van der Waals surface area (Å²) in [6.07, 6.45) is 0. The molecule has 1 aliphatic rings. The number of hydrogen-bond donors (Lipinski definition) is 0. The third kappa shape index (κ3) is 2.26. The topological polar surface area (TPSA) is 51.5 Å². The van der Waals surface area contributed by atoms with Crippen molar-refractivity contribution in [2.45, 2.75) is 6.61 Å². The van der Waals surface area contributed by atoms with Gasteiger partial charge in [-0.15, -0.1) is 0 Å². The Hall–Kier alpha value is -3.26. The average molecular weight is 335 g/mol. The van der Waals surface area contributed by atoms with Gasteiger partial charge in [0.15, 0.2) is 11.6 Å². The Morgan fingerprint density at radius 1 is 1.04 bits per heavy atom. The van der Waals surface area contributed by atoms with E-state index in [1.54, 1.807) is 19.2 Å². The van der Waals surface area contributed by atoms with Crippen molar-refractivity contribution in [3.63, 3.8) is 0 Å².